The zero-order valence-electron chi connectivity index (χ0n) is 17.5. The highest BCUT2D eigenvalue weighted by Gasteiger charge is 2.18. The molecule has 0 aliphatic carbocycles. The molecular formula is C22H18Cl2N4O4S. The van der Waals surface area contributed by atoms with E-state index in [2.05, 4.69) is 15.3 Å². The van der Waals surface area contributed by atoms with Gasteiger partial charge in [-0.15, -0.1) is 4.73 Å². The Bertz CT molecular complexity index is 1520. The maximum atomic E-state index is 13.1. The van der Waals surface area contributed by atoms with Gasteiger partial charge in [-0.1, -0.05) is 41.4 Å². The molecule has 33 heavy (non-hydrogen) atoms. The molecule has 0 saturated carbocycles. The van der Waals surface area contributed by atoms with Crippen molar-refractivity contribution in [2.45, 2.75) is 5.75 Å². The lowest BCUT2D eigenvalue weighted by atomic mass is 10.1. The molecule has 0 bridgehead atoms. The second-order valence-corrected chi connectivity index (χ2v) is 10.3. The highest BCUT2D eigenvalue weighted by molar-refractivity contribution is 7.89. The van der Waals surface area contributed by atoms with Crippen LogP contribution in [0.2, 0.25) is 10.0 Å². The van der Waals surface area contributed by atoms with Gasteiger partial charge in [-0.2, -0.15) is 4.98 Å². The number of rotatable bonds is 6. The standard InChI is InChI=1S/C22H18Cl2N4O4S/c1-32-28-20-14(10-16(21(28)29)19-17(23)7-4-8-18(19)24)11-25-22(27-20)26-15-6-3-5-13(9-15)12-33(2,30)31/h3-11H,12H2,1-2H3,(H,25,26,27). The van der Waals surface area contributed by atoms with Crippen LogP contribution in [0.3, 0.4) is 0 Å². The molecule has 2 heterocycles. The summed E-state index contributed by atoms with van der Waals surface area (Å²) in [6.45, 7) is 0. The molecule has 0 amide bonds. The molecule has 2 aromatic heterocycles. The fraction of sp³-hybridized carbons (Fsp3) is 0.136. The first-order valence-electron chi connectivity index (χ1n) is 9.61. The average molecular weight is 505 g/mol. The number of aromatic nitrogens is 3. The zero-order chi connectivity index (χ0) is 23.8. The highest BCUT2D eigenvalue weighted by atomic mass is 35.5. The van der Waals surface area contributed by atoms with E-state index in [9.17, 15) is 13.2 Å². The monoisotopic (exact) mass is 504 g/mol. The van der Waals surface area contributed by atoms with Gasteiger partial charge in [0.15, 0.2) is 15.5 Å². The number of hydrogen-bond donors (Lipinski definition) is 1. The van der Waals surface area contributed by atoms with Gasteiger partial charge in [0.2, 0.25) is 5.95 Å². The summed E-state index contributed by atoms with van der Waals surface area (Å²) in [5, 5.41) is 4.21. The molecule has 0 saturated heterocycles. The van der Waals surface area contributed by atoms with Crippen molar-refractivity contribution in [1.29, 1.82) is 0 Å². The summed E-state index contributed by atoms with van der Waals surface area (Å²) < 4.78 is 24.2. The minimum atomic E-state index is -3.18. The topological polar surface area (TPSA) is 103 Å². The Hall–Kier alpha value is -3.14. The second kappa shape index (κ2) is 9.01. The fourth-order valence-corrected chi connectivity index (χ4v) is 4.79. The highest BCUT2D eigenvalue weighted by Crippen LogP contribution is 2.33. The molecule has 2 aromatic carbocycles. The predicted molar refractivity (Wildman–Crippen MR) is 130 cm³/mol. The molecule has 0 fully saturated rings. The molecule has 0 atom stereocenters. The molecule has 0 aliphatic rings. The molecular weight excluding hydrogens is 487 g/mol. The SMILES string of the molecule is COn1c(=O)c(-c2c(Cl)cccc2Cl)cc2cnc(Nc3cccc(CS(C)(=O)=O)c3)nc21. The summed E-state index contributed by atoms with van der Waals surface area (Å²) in [5.74, 6) is 0.116. The summed E-state index contributed by atoms with van der Waals surface area (Å²) in [7, 11) is -1.83. The van der Waals surface area contributed by atoms with Crippen LogP contribution in [-0.4, -0.2) is 36.5 Å². The van der Waals surface area contributed by atoms with E-state index in [1.54, 1.807) is 48.5 Å². The summed E-state index contributed by atoms with van der Waals surface area (Å²) in [6.07, 6.45) is 2.71. The van der Waals surface area contributed by atoms with Crippen LogP contribution < -0.4 is 15.7 Å². The van der Waals surface area contributed by atoms with E-state index in [1.807, 2.05) is 0 Å². The third-order valence-corrected chi connectivity index (χ3v) is 6.22. The summed E-state index contributed by atoms with van der Waals surface area (Å²) in [5.41, 5.74) is 1.61. The number of nitrogens with one attached hydrogen (secondary N) is 1. The van der Waals surface area contributed by atoms with Gasteiger partial charge in [0, 0.05) is 29.1 Å². The number of benzene rings is 2. The van der Waals surface area contributed by atoms with E-state index in [1.165, 1.54) is 19.6 Å². The lowest BCUT2D eigenvalue weighted by molar-refractivity contribution is 0.168. The zero-order valence-corrected chi connectivity index (χ0v) is 19.9. The van der Waals surface area contributed by atoms with Crippen molar-refractivity contribution in [3.63, 3.8) is 0 Å². The van der Waals surface area contributed by atoms with Crippen LogP contribution in [-0.2, 0) is 15.6 Å². The first-order valence-corrected chi connectivity index (χ1v) is 12.4. The maximum absolute atomic E-state index is 13.1. The van der Waals surface area contributed by atoms with E-state index in [0.717, 1.165) is 4.73 Å². The van der Waals surface area contributed by atoms with Gasteiger partial charge < -0.3 is 10.2 Å². The smallest absolute Gasteiger partial charge is 0.293 e. The molecule has 11 heteroatoms. The van der Waals surface area contributed by atoms with E-state index in [4.69, 9.17) is 28.0 Å². The van der Waals surface area contributed by atoms with Crippen LogP contribution in [0.5, 0.6) is 0 Å². The number of fused-ring (bicyclic) bond motifs is 1. The van der Waals surface area contributed by atoms with Crippen LogP contribution in [0.4, 0.5) is 11.6 Å². The van der Waals surface area contributed by atoms with E-state index >= 15 is 0 Å². The number of pyridine rings is 1. The number of anilines is 2. The number of sulfone groups is 1. The van der Waals surface area contributed by atoms with Crippen molar-refractivity contribution < 1.29 is 13.3 Å². The molecule has 0 radical (unpaired) electrons. The lowest BCUT2D eigenvalue weighted by Gasteiger charge is -2.13. The minimum Gasteiger partial charge on any atom is -0.412 e. The first kappa shape index (κ1) is 23.0. The van der Waals surface area contributed by atoms with Gasteiger partial charge in [0.25, 0.3) is 5.56 Å². The Morgan fingerprint density at radius 3 is 2.45 bits per heavy atom. The quantitative estimate of drug-likeness (QED) is 0.421. The Kier molecular flexibility index (Phi) is 6.29. The van der Waals surface area contributed by atoms with Crippen LogP contribution in [0.25, 0.3) is 22.2 Å². The fourth-order valence-electron chi connectivity index (χ4n) is 3.40. The molecule has 0 aliphatic heterocycles. The molecule has 4 aromatic rings. The number of nitrogens with zero attached hydrogens (tertiary/aromatic N) is 3. The molecule has 1 N–H and O–H groups in total. The third kappa shape index (κ3) is 4.95. The maximum Gasteiger partial charge on any atom is 0.293 e. The van der Waals surface area contributed by atoms with Crippen molar-refractivity contribution in [2.24, 2.45) is 0 Å². The number of hydrogen-bond acceptors (Lipinski definition) is 7. The summed E-state index contributed by atoms with van der Waals surface area (Å²) in [6, 6.07) is 13.5. The van der Waals surface area contributed by atoms with E-state index < -0.39 is 15.4 Å². The second-order valence-electron chi connectivity index (χ2n) is 7.30. The molecule has 0 spiro atoms. The lowest BCUT2D eigenvalue weighted by Crippen LogP contribution is -2.27. The van der Waals surface area contributed by atoms with Gasteiger partial charge in [0.05, 0.1) is 21.4 Å². The summed E-state index contributed by atoms with van der Waals surface area (Å²) >= 11 is 12.6. The van der Waals surface area contributed by atoms with Crippen molar-refractivity contribution in [3.8, 4) is 11.1 Å². The largest absolute Gasteiger partial charge is 0.412 e. The van der Waals surface area contributed by atoms with Gasteiger partial charge >= 0.3 is 0 Å². The van der Waals surface area contributed by atoms with Gasteiger partial charge in [0.1, 0.15) is 7.11 Å². The van der Waals surface area contributed by atoms with Crippen LogP contribution in [0.1, 0.15) is 5.56 Å². The first-order chi connectivity index (χ1) is 15.7. The van der Waals surface area contributed by atoms with Crippen LogP contribution in [0.15, 0.2) is 59.5 Å². The van der Waals surface area contributed by atoms with Gasteiger partial charge in [-0.3, -0.25) is 4.79 Å². The van der Waals surface area contributed by atoms with E-state index in [-0.39, 0.29) is 22.9 Å². The Morgan fingerprint density at radius 2 is 1.79 bits per heavy atom. The van der Waals surface area contributed by atoms with Crippen molar-refractivity contribution in [1.82, 2.24) is 14.7 Å². The Labute approximate surface area is 199 Å². The third-order valence-electron chi connectivity index (χ3n) is 4.73. The number of halogens is 2. The van der Waals surface area contributed by atoms with Gasteiger partial charge in [-0.05, 0) is 35.9 Å². The Balaban J connectivity index is 1.78. The van der Waals surface area contributed by atoms with Crippen molar-refractivity contribution in [3.05, 3.63) is 80.7 Å². The van der Waals surface area contributed by atoms with Gasteiger partial charge in [-0.25, -0.2) is 13.4 Å². The average Bonchev–Trinajstić information content (AvgIpc) is 2.73. The van der Waals surface area contributed by atoms with E-state index in [0.29, 0.717) is 32.2 Å². The van der Waals surface area contributed by atoms with Crippen molar-refractivity contribution >= 4 is 55.7 Å². The van der Waals surface area contributed by atoms with Crippen LogP contribution >= 0.6 is 23.2 Å². The summed E-state index contributed by atoms with van der Waals surface area (Å²) in [4.78, 5) is 27.2. The molecule has 0 unspecified atom stereocenters. The predicted octanol–water partition coefficient (Wildman–Crippen LogP) is 4.11. The van der Waals surface area contributed by atoms with Crippen molar-refractivity contribution in [2.75, 3.05) is 18.7 Å². The minimum absolute atomic E-state index is 0.0856. The normalized spacial score (nSPS) is 11.5. The molecule has 8 nitrogen and oxygen atoms in total. The Morgan fingerprint density at radius 1 is 1.09 bits per heavy atom. The molecule has 170 valence electrons. The molecule has 4 rings (SSSR count). The van der Waals surface area contributed by atoms with Crippen LogP contribution in [0, 0.1) is 0 Å².